The number of benzene rings is 1. The Kier molecular flexibility index (Phi) is 4.43. The van der Waals surface area contributed by atoms with Gasteiger partial charge in [-0.1, -0.05) is 16.8 Å². The van der Waals surface area contributed by atoms with E-state index in [1.54, 1.807) is 26.2 Å². The fourth-order valence-corrected chi connectivity index (χ4v) is 2.90. The minimum absolute atomic E-state index is 0.0385. The zero-order chi connectivity index (χ0) is 16.4. The molecule has 1 fully saturated rings. The van der Waals surface area contributed by atoms with Crippen LogP contribution in [0, 0.1) is 6.92 Å². The van der Waals surface area contributed by atoms with Gasteiger partial charge < -0.3 is 19.5 Å². The van der Waals surface area contributed by atoms with E-state index in [1.807, 2.05) is 12.1 Å². The van der Waals surface area contributed by atoms with Crippen LogP contribution >= 0.6 is 11.6 Å². The maximum Gasteiger partial charge on any atom is 0.290 e. The fourth-order valence-electron chi connectivity index (χ4n) is 2.73. The number of hydrogen-bond donors (Lipinski definition) is 1. The summed E-state index contributed by atoms with van der Waals surface area (Å²) in [4.78, 5) is 14.3. The average molecular weight is 336 g/mol. The number of halogens is 1. The molecule has 0 spiro atoms. The molecular weight excluding hydrogens is 318 g/mol. The van der Waals surface area contributed by atoms with E-state index in [0.29, 0.717) is 17.3 Å². The van der Waals surface area contributed by atoms with Crippen molar-refractivity contribution in [1.82, 2.24) is 10.5 Å². The first kappa shape index (κ1) is 15.7. The normalized spacial score (nSPS) is 17.3. The van der Waals surface area contributed by atoms with Crippen LogP contribution in [0.5, 0.6) is 5.75 Å². The largest absolute Gasteiger partial charge is 0.495 e. The summed E-state index contributed by atoms with van der Waals surface area (Å²) in [5.74, 6) is 0.768. The van der Waals surface area contributed by atoms with Gasteiger partial charge in [-0.25, -0.2) is 0 Å². The van der Waals surface area contributed by atoms with Gasteiger partial charge in [-0.15, -0.1) is 0 Å². The monoisotopic (exact) mass is 335 g/mol. The third kappa shape index (κ3) is 3.42. The molecule has 1 aliphatic heterocycles. The van der Waals surface area contributed by atoms with Gasteiger partial charge in [0.1, 0.15) is 5.75 Å². The van der Waals surface area contributed by atoms with E-state index in [2.05, 4.69) is 15.4 Å². The summed E-state index contributed by atoms with van der Waals surface area (Å²) >= 11 is 6.08. The minimum Gasteiger partial charge on any atom is -0.495 e. The van der Waals surface area contributed by atoms with Gasteiger partial charge in [-0.3, -0.25) is 4.79 Å². The Morgan fingerprint density at radius 2 is 2.30 bits per heavy atom. The lowest BCUT2D eigenvalue weighted by atomic mass is 10.2. The van der Waals surface area contributed by atoms with E-state index in [9.17, 15) is 4.79 Å². The highest BCUT2D eigenvalue weighted by Gasteiger charge is 2.27. The predicted octanol–water partition coefficient (Wildman–Crippen LogP) is 2.65. The van der Waals surface area contributed by atoms with Crippen molar-refractivity contribution in [2.24, 2.45) is 0 Å². The number of anilines is 1. The molecule has 3 rings (SSSR count). The minimum atomic E-state index is -0.240. The molecule has 0 bridgehead atoms. The molecule has 1 atom stereocenters. The number of amides is 1. The zero-order valence-corrected chi connectivity index (χ0v) is 13.8. The molecule has 6 nitrogen and oxygen atoms in total. The second-order valence-electron chi connectivity index (χ2n) is 5.55. The number of carbonyl (C=O) groups is 1. The number of aromatic nitrogens is 1. The maximum atomic E-state index is 12.1. The van der Waals surface area contributed by atoms with Crippen LogP contribution in [0.2, 0.25) is 5.02 Å². The second kappa shape index (κ2) is 6.50. The summed E-state index contributed by atoms with van der Waals surface area (Å²) < 4.78 is 10.4. The number of hydrogen-bond acceptors (Lipinski definition) is 5. The molecule has 122 valence electrons. The van der Waals surface area contributed by atoms with Crippen molar-refractivity contribution in [2.45, 2.75) is 19.4 Å². The van der Waals surface area contributed by atoms with Crippen LogP contribution in [-0.4, -0.2) is 37.3 Å². The van der Waals surface area contributed by atoms with Crippen molar-refractivity contribution in [3.63, 3.8) is 0 Å². The molecule has 1 amide bonds. The van der Waals surface area contributed by atoms with E-state index in [0.717, 1.165) is 24.4 Å². The summed E-state index contributed by atoms with van der Waals surface area (Å²) in [6, 6.07) is 7.19. The number of nitrogens with zero attached hydrogens (tertiary/aromatic N) is 2. The van der Waals surface area contributed by atoms with E-state index < -0.39 is 0 Å². The van der Waals surface area contributed by atoms with Gasteiger partial charge in [0.15, 0.2) is 0 Å². The molecule has 0 saturated carbocycles. The van der Waals surface area contributed by atoms with Crippen LogP contribution < -0.4 is 15.0 Å². The Morgan fingerprint density at radius 1 is 1.48 bits per heavy atom. The number of nitrogens with one attached hydrogen (secondary N) is 1. The Bertz CT molecular complexity index is 716. The molecule has 1 aromatic carbocycles. The van der Waals surface area contributed by atoms with Crippen LogP contribution in [0.4, 0.5) is 5.69 Å². The van der Waals surface area contributed by atoms with Crippen molar-refractivity contribution in [3.05, 3.63) is 40.7 Å². The summed E-state index contributed by atoms with van der Waals surface area (Å²) in [6.45, 7) is 3.29. The lowest BCUT2D eigenvalue weighted by Gasteiger charge is -2.21. The quantitative estimate of drug-likeness (QED) is 0.930. The molecule has 23 heavy (non-hydrogen) atoms. The zero-order valence-electron chi connectivity index (χ0n) is 13.0. The number of methoxy groups -OCH3 is 1. The third-order valence-corrected chi connectivity index (χ3v) is 4.09. The van der Waals surface area contributed by atoms with Gasteiger partial charge >= 0.3 is 0 Å². The molecule has 0 aliphatic carbocycles. The third-order valence-electron chi connectivity index (χ3n) is 3.86. The summed E-state index contributed by atoms with van der Waals surface area (Å²) in [6.07, 6.45) is 0.842. The highest BCUT2D eigenvalue weighted by molar-refractivity contribution is 6.30. The highest BCUT2D eigenvalue weighted by Crippen LogP contribution is 2.33. The molecule has 2 aromatic rings. The fraction of sp³-hybridized carbons (Fsp3) is 0.375. The molecule has 0 unspecified atom stereocenters. The number of carbonyl (C=O) groups excluding carboxylic acids is 1. The first-order valence-electron chi connectivity index (χ1n) is 7.39. The molecule has 1 N–H and O–H groups in total. The van der Waals surface area contributed by atoms with Gasteiger partial charge in [-0.2, -0.15) is 0 Å². The van der Waals surface area contributed by atoms with Crippen molar-refractivity contribution in [3.8, 4) is 5.75 Å². The molecule has 1 aliphatic rings. The molecular formula is C16H18ClN3O3. The smallest absolute Gasteiger partial charge is 0.290 e. The summed E-state index contributed by atoms with van der Waals surface area (Å²) in [7, 11) is 1.63. The van der Waals surface area contributed by atoms with Gasteiger partial charge in [-0.05, 0) is 31.5 Å². The Morgan fingerprint density at radius 3 is 3.00 bits per heavy atom. The van der Waals surface area contributed by atoms with E-state index in [4.69, 9.17) is 20.9 Å². The Hall–Kier alpha value is -2.21. The van der Waals surface area contributed by atoms with Crippen LogP contribution in [0.25, 0.3) is 0 Å². The lowest BCUT2D eigenvalue weighted by molar-refractivity contribution is 0.0903. The van der Waals surface area contributed by atoms with Crippen molar-refractivity contribution < 1.29 is 14.1 Å². The van der Waals surface area contributed by atoms with Gasteiger partial charge in [0, 0.05) is 30.2 Å². The van der Waals surface area contributed by atoms with E-state index in [1.165, 1.54) is 0 Å². The van der Waals surface area contributed by atoms with Gasteiger partial charge in [0.2, 0.25) is 5.76 Å². The number of aryl methyl sites for hydroxylation is 1. The second-order valence-corrected chi connectivity index (χ2v) is 5.99. The SMILES string of the molecule is COc1ccc(Cl)cc1N1CC[C@@H](NC(=O)c2cc(C)no2)C1. The predicted molar refractivity (Wildman–Crippen MR) is 87.3 cm³/mol. The Labute approximate surface area is 139 Å². The van der Waals surface area contributed by atoms with E-state index in [-0.39, 0.29) is 17.7 Å². The van der Waals surface area contributed by atoms with Crippen LogP contribution in [-0.2, 0) is 0 Å². The van der Waals surface area contributed by atoms with E-state index >= 15 is 0 Å². The molecule has 2 heterocycles. The van der Waals surface area contributed by atoms with Crippen LogP contribution in [0.15, 0.2) is 28.8 Å². The topological polar surface area (TPSA) is 67.6 Å². The first-order chi connectivity index (χ1) is 11.1. The van der Waals surface area contributed by atoms with Crippen molar-refractivity contribution in [1.29, 1.82) is 0 Å². The molecule has 1 aromatic heterocycles. The number of rotatable bonds is 4. The molecule has 1 saturated heterocycles. The van der Waals surface area contributed by atoms with Crippen molar-refractivity contribution in [2.75, 3.05) is 25.1 Å². The maximum absolute atomic E-state index is 12.1. The first-order valence-corrected chi connectivity index (χ1v) is 7.77. The highest BCUT2D eigenvalue weighted by atomic mass is 35.5. The molecule has 7 heteroatoms. The summed E-state index contributed by atoms with van der Waals surface area (Å²) in [5, 5.41) is 7.36. The Balaban J connectivity index is 1.67. The average Bonchev–Trinajstić information content (AvgIpc) is 3.16. The lowest BCUT2D eigenvalue weighted by Crippen LogP contribution is -2.37. The van der Waals surface area contributed by atoms with Crippen LogP contribution in [0.3, 0.4) is 0 Å². The van der Waals surface area contributed by atoms with Gasteiger partial charge in [0.05, 0.1) is 18.5 Å². The van der Waals surface area contributed by atoms with Crippen LogP contribution in [0.1, 0.15) is 22.7 Å². The standard InChI is InChI=1S/C16H18ClN3O3/c1-10-7-15(23-19-10)16(21)18-12-5-6-20(9-12)13-8-11(17)3-4-14(13)22-2/h3-4,7-8,12H,5-6,9H2,1-2H3,(H,18,21)/t12-/m1/s1. The van der Waals surface area contributed by atoms with Gasteiger partial charge in [0.25, 0.3) is 5.91 Å². The summed E-state index contributed by atoms with van der Waals surface area (Å²) in [5.41, 5.74) is 1.62. The number of ether oxygens (including phenoxy) is 1. The molecule has 0 radical (unpaired) electrons. The van der Waals surface area contributed by atoms with Crippen molar-refractivity contribution >= 4 is 23.2 Å².